The number of carbonyl (C=O) groups is 1. The second-order valence-electron chi connectivity index (χ2n) is 7.04. The van der Waals surface area contributed by atoms with Gasteiger partial charge in [0, 0.05) is 31.7 Å². The third kappa shape index (κ3) is 3.44. The van der Waals surface area contributed by atoms with Crippen molar-refractivity contribution in [3.63, 3.8) is 0 Å². The van der Waals surface area contributed by atoms with Crippen molar-refractivity contribution in [2.24, 2.45) is 11.1 Å². The molecule has 5 heteroatoms. The smallest absolute Gasteiger partial charge is 0.410 e. The molecule has 5 nitrogen and oxygen atoms in total. The van der Waals surface area contributed by atoms with Gasteiger partial charge in [0.1, 0.15) is 5.60 Å². The fourth-order valence-corrected chi connectivity index (χ4v) is 3.18. The Hall–Kier alpha value is -0.810. The quantitative estimate of drug-likeness (QED) is 0.843. The second kappa shape index (κ2) is 5.90. The number of carbonyl (C=O) groups excluding carboxylic acids is 1. The lowest BCUT2D eigenvalue weighted by Gasteiger charge is -2.44. The van der Waals surface area contributed by atoms with E-state index in [-0.39, 0.29) is 17.6 Å². The van der Waals surface area contributed by atoms with Crippen LogP contribution in [0, 0.1) is 5.41 Å². The Labute approximate surface area is 121 Å². The number of nitrogens with two attached hydrogens (primary N) is 1. The molecule has 2 rings (SSSR count). The molecule has 0 aliphatic carbocycles. The van der Waals surface area contributed by atoms with Crippen LogP contribution in [0.25, 0.3) is 0 Å². The molecule has 0 spiro atoms. The van der Waals surface area contributed by atoms with Crippen molar-refractivity contribution < 1.29 is 14.3 Å². The minimum Gasteiger partial charge on any atom is -0.444 e. The molecule has 2 aliphatic heterocycles. The molecule has 1 atom stereocenters. The minimum absolute atomic E-state index is 0.0506. The third-order valence-electron chi connectivity index (χ3n) is 4.43. The highest BCUT2D eigenvalue weighted by atomic mass is 16.6. The Bertz CT molecular complexity index is 338. The summed E-state index contributed by atoms with van der Waals surface area (Å²) >= 11 is 0. The molecule has 2 fully saturated rings. The van der Waals surface area contributed by atoms with Crippen LogP contribution in [-0.4, -0.2) is 48.9 Å². The maximum Gasteiger partial charge on any atom is 0.410 e. The standard InChI is InChI=1S/C15H28N2O3/c1-14(2,3)20-13(18)17-8-6-15(11-16,7-9-17)12-5-4-10-19-12/h12H,4-11,16H2,1-3H3. The molecular weight excluding hydrogens is 256 g/mol. The lowest BCUT2D eigenvalue weighted by molar-refractivity contribution is -0.0405. The van der Waals surface area contributed by atoms with Gasteiger partial charge in [-0.25, -0.2) is 4.79 Å². The average molecular weight is 284 g/mol. The van der Waals surface area contributed by atoms with Crippen LogP contribution in [0.3, 0.4) is 0 Å². The number of rotatable bonds is 2. The van der Waals surface area contributed by atoms with E-state index >= 15 is 0 Å². The predicted octanol–water partition coefficient (Wildman–Crippen LogP) is 2.14. The maximum atomic E-state index is 12.1. The summed E-state index contributed by atoms with van der Waals surface area (Å²) in [6, 6.07) is 0. The maximum absolute atomic E-state index is 12.1. The fraction of sp³-hybridized carbons (Fsp3) is 0.933. The number of hydrogen-bond donors (Lipinski definition) is 1. The number of hydrogen-bond acceptors (Lipinski definition) is 4. The number of nitrogens with zero attached hydrogens (tertiary/aromatic N) is 1. The zero-order chi connectivity index (χ0) is 14.8. The Morgan fingerprint density at radius 3 is 2.50 bits per heavy atom. The van der Waals surface area contributed by atoms with E-state index in [1.54, 1.807) is 4.90 Å². The van der Waals surface area contributed by atoms with Crippen molar-refractivity contribution in [3.8, 4) is 0 Å². The number of likely N-dealkylation sites (tertiary alicyclic amines) is 1. The molecule has 1 amide bonds. The molecule has 2 saturated heterocycles. The first-order chi connectivity index (χ1) is 9.36. The molecule has 2 heterocycles. The molecule has 0 radical (unpaired) electrons. The van der Waals surface area contributed by atoms with E-state index in [0.29, 0.717) is 19.6 Å². The predicted molar refractivity (Wildman–Crippen MR) is 77.5 cm³/mol. The summed E-state index contributed by atoms with van der Waals surface area (Å²) in [6.07, 6.45) is 4.11. The topological polar surface area (TPSA) is 64.8 Å². The van der Waals surface area contributed by atoms with Crippen LogP contribution in [0.5, 0.6) is 0 Å². The van der Waals surface area contributed by atoms with Crippen LogP contribution in [0.2, 0.25) is 0 Å². The van der Waals surface area contributed by atoms with E-state index in [2.05, 4.69) is 0 Å². The second-order valence-corrected chi connectivity index (χ2v) is 7.04. The van der Waals surface area contributed by atoms with Crippen molar-refractivity contribution in [1.29, 1.82) is 0 Å². The van der Waals surface area contributed by atoms with Gasteiger partial charge in [-0.05, 0) is 46.5 Å². The van der Waals surface area contributed by atoms with Crippen LogP contribution >= 0.6 is 0 Å². The van der Waals surface area contributed by atoms with Crippen molar-refractivity contribution >= 4 is 6.09 Å². The highest BCUT2D eigenvalue weighted by Gasteiger charge is 2.43. The summed E-state index contributed by atoms with van der Waals surface area (Å²) < 4.78 is 11.3. The van der Waals surface area contributed by atoms with E-state index in [0.717, 1.165) is 32.3 Å². The number of amides is 1. The molecule has 2 aliphatic rings. The highest BCUT2D eigenvalue weighted by Crippen LogP contribution is 2.40. The molecule has 0 aromatic heterocycles. The van der Waals surface area contributed by atoms with E-state index in [4.69, 9.17) is 15.2 Å². The van der Waals surface area contributed by atoms with Gasteiger partial charge in [-0.3, -0.25) is 0 Å². The summed E-state index contributed by atoms with van der Waals surface area (Å²) in [4.78, 5) is 13.9. The van der Waals surface area contributed by atoms with Crippen molar-refractivity contribution in [2.75, 3.05) is 26.2 Å². The molecular formula is C15H28N2O3. The minimum atomic E-state index is -0.436. The van der Waals surface area contributed by atoms with E-state index in [1.807, 2.05) is 20.8 Å². The lowest BCUT2D eigenvalue weighted by Crippen LogP contribution is -2.52. The van der Waals surface area contributed by atoms with E-state index in [9.17, 15) is 4.79 Å². The molecule has 1 unspecified atom stereocenters. The van der Waals surface area contributed by atoms with E-state index < -0.39 is 5.60 Å². The van der Waals surface area contributed by atoms with Gasteiger partial charge in [-0.2, -0.15) is 0 Å². The van der Waals surface area contributed by atoms with Gasteiger partial charge in [0.25, 0.3) is 0 Å². The third-order valence-corrected chi connectivity index (χ3v) is 4.43. The Balaban J connectivity index is 1.92. The molecule has 20 heavy (non-hydrogen) atoms. The first kappa shape index (κ1) is 15.6. The van der Waals surface area contributed by atoms with Gasteiger partial charge < -0.3 is 20.1 Å². The van der Waals surface area contributed by atoms with Crippen LogP contribution in [-0.2, 0) is 9.47 Å². The van der Waals surface area contributed by atoms with Gasteiger partial charge >= 0.3 is 6.09 Å². The molecule has 0 bridgehead atoms. The summed E-state index contributed by atoms with van der Waals surface area (Å²) in [5.74, 6) is 0. The summed E-state index contributed by atoms with van der Waals surface area (Å²) in [7, 11) is 0. The molecule has 116 valence electrons. The van der Waals surface area contributed by atoms with Crippen LogP contribution in [0.1, 0.15) is 46.5 Å². The van der Waals surface area contributed by atoms with Crippen LogP contribution < -0.4 is 5.73 Å². The fourth-order valence-electron chi connectivity index (χ4n) is 3.18. The number of piperidine rings is 1. The van der Waals surface area contributed by atoms with Crippen molar-refractivity contribution in [1.82, 2.24) is 4.90 Å². The average Bonchev–Trinajstić information content (AvgIpc) is 2.91. The monoisotopic (exact) mass is 284 g/mol. The number of ether oxygens (including phenoxy) is 2. The molecule has 0 aromatic rings. The first-order valence-electron chi connectivity index (χ1n) is 7.66. The Morgan fingerprint density at radius 1 is 1.40 bits per heavy atom. The van der Waals surface area contributed by atoms with Gasteiger partial charge in [0.05, 0.1) is 6.10 Å². The van der Waals surface area contributed by atoms with Crippen molar-refractivity contribution in [2.45, 2.75) is 58.2 Å². The van der Waals surface area contributed by atoms with E-state index in [1.165, 1.54) is 0 Å². The normalized spacial score (nSPS) is 26.6. The SMILES string of the molecule is CC(C)(C)OC(=O)N1CCC(CN)(C2CCCO2)CC1. The molecule has 0 aromatic carbocycles. The Morgan fingerprint density at radius 2 is 2.05 bits per heavy atom. The highest BCUT2D eigenvalue weighted by molar-refractivity contribution is 5.68. The van der Waals surface area contributed by atoms with Gasteiger partial charge in [0.2, 0.25) is 0 Å². The molecule has 2 N–H and O–H groups in total. The zero-order valence-electron chi connectivity index (χ0n) is 13.0. The largest absolute Gasteiger partial charge is 0.444 e. The molecule has 0 saturated carbocycles. The lowest BCUT2D eigenvalue weighted by atomic mass is 9.73. The van der Waals surface area contributed by atoms with Gasteiger partial charge in [-0.15, -0.1) is 0 Å². The Kier molecular flexibility index (Phi) is 4.59. The summed E-state index contributed by atoms with van der Waals surface area (Å²) in [5, 5.41) is 0. The first-order valence-corrected chi connectivity index (χ1v) is 7.66. The summed E-state index contributed by atoms with van der Waals surface area (Å²) in [5.41, 5.74) is 5.64. The van der Waals surface area contributed by atoms with Crippen LogP contribution in [0.15, 0.2) is 0 Å². The summed E-state index contributed by atoms with van der Waals surface area (Å²) in [6.45, 7) is 8.60. The van der Waals surface area contributed by atoms with Gasteiger partial charge in [0.15, 0.2) is 0 Å². The van der Waals surface area contributed by atoms with Crippen molar-refractivity contribution in [3.05, 3.63) is 0 Å². The van der Waals surface area contributed by atoms with Crippen LogP contribution in [0.4, 0.5) is 4.79 Å². The van der Waals surface area contributed by atoms with Gasteiger partial charge in [-0.1, -0.05) is 0 Å². The zero-order valence-corrected chi connectivity index (χ0v) is 13.0.